The second-order valence-corrected chi connectivity index (χ2v) is 20.0. The highest BCUT2D eigenvalue weighted by molar-refractivity contribution is 7.28. The molecule has 0 aliphatic carbocycles. The molecule has 0 N–H and O–H groups in total. The lowest BCUT2D eigenvalue weighted by Crippen LogP contribution is -2.49. The van der Waals surface area contributed by atoms with E-state index in [9.17, 15) is 9.59 Å². The van der Waals surface area contributed by atoms with Gasteiger partial charge < -0.3 is 0 Å². The van der Waals surface area contributed by atoms with Crippen molar-refractivity contribution < 1.29 is 9.59 Å². The summed E-state index contributed by atoms with van der Waals surface area (Å²) in [5.41, 5.74) is 11.4. The maximum absolute atomic E-state index is 13.5. The number of hydrogen-bond donors (Lipinski definition) is 0. The predicted molar refractivity (Wildman–Crippen MR) is 183 cm³/mol. The van der Waals surface area contributed by atoms with E-state index in [1.54, 1.807) is 41.1 Å². The first-order chi connectivity index (χ1) is 19.8. The van der Waals surface area contributed by atoms with E-state index in [2.05, 4.69) is 91.0 Å². The quantitative estimate of drug-likeness (QED) is 0.149. The fourth-order valence-corrected chi connectivity index (χ4v) is 13.9. The van der Waals surface area contributed by atoms with Crippen LogP contribution in [0, 0.1) is 41.5 Å². The van der Waals surface area contributed by atoms with Gasteiger partial charge in [0.05, 0.1) is 20.9 Å². The molecule has 0 atom stereocenters. The van der Waals surface area contributed by atoms with E-state index in [1.165, 1.54) is 69.5 Å². The fourth-order valence-electron chi connectivity index (χ4n) is 6.62. The summed E-state index contributed by atoms with van der Waals surface area (Å²) in [4.78, 5) is 34.8. The van der Waals surface area contributed by atoms with E-state index >= 15 is 0 Å². The molecule has 2 aromatic carbocycles. The van der Waals surface area contributed by atoms with Crippen LogP contribution in [0.15, 0.2) is 36.4 Å². The minimum atomic E-state index is -1.83. The van der Waals surface area contributed by atoms with Gasteiger partial charge in [-0.15, -0.1) is 34.0 Å². The summed E-state index contributed by atoms with van der Waals surface area (Å²) in [6.45, 7) is 17.9. The molecule has 3 aromatic heterocycles. The van der Waals surface area contributed by atoms with Gasteiger partial charge in [0.1, 0.15) is 8.07 Å². The van der Waals surface area contributed by atoms with E-state index in [-0.39, 0.29) is 11.8 Å². The number of carbonyl (C=O) groups excluding carboxylic acids is 2. The first kappa shape index (κ1) is 27.7. The lowest BCUT2D eigenvalue weighted by molar-refractivity contribution is 0.0693. The molecule has 0 saturated heterocycles. The van der Waals surface area contributed by atoms with Gasteiger partial charge in [-0.1, -0.05) is 55.1 Å². The highest BCUT2D eigenvalue weighted by atomic mass is 32.1. The van der Waals surface area contributed by atoms with Gasteiger partial charge in [0, 0.05) is 26.6 Å². The molecule has 0 bridgehead atoms. The Morgan fingerprint density at radius 1 is 0.595 bits per heavy atom. The number of nitrogens with zero attached hydrogens (tertiary/aromatic N) is 1. The van der Waals surface area contributed by atoms with Crippen LogP contribution in [-0.2, 0) is 0 Å². The van der Waals surface area contributed by atoms with Crippen LogP contribution in [0.3, 0.4) is 0 Å². The third-order valence-corrected chi connectivity index (χ3v) is 17.4. The van der Waals surface area contributed by atoms with Gasteiger partial charge in [0.2, 0.25) is 0 Å². The van der Waals surface area contributed by atoms with Gasteiger partial charge >= 0.3 is 0 Å². The molecule has 2 aliphatic rings. The Morgan fingerprint density at radius 2 is 1.10 bits per heavy atom. The zero-order valence-electron chi connectivity index (χ0n) is 25.5. The molecule has 0 saturated carbocycles. The van der Waals surface area contributed by atoms with Crippen molar-refractivity contribution in [1.29, 1.82) is 0 Å². The second kappa shape index (κ2) is 9.20. The minimum Gasteiger partial charge on any atom is -0.277 e. The molecule has 0 spiro atoms. The molecule has 0 unspecified atom stereocenters. The number of amides is 2. The first-order valence-corrected chi connectivity index (χ1v) is 19.7. The summed E-state index contributed by atoms with van der Waals surface area (Å²) in [5.74, 6) is -0.386. The van der Waals surface area contributed by atoms with Crippen molar-refractivity contribution in [2.24, 2.45) is 0 Å². The Balaban J connectivity index is 1.41. The molecule has 2 aliphatic heterocycles. The van der Waals surface area contributed by atoms with E-state index in [0.29, 0.717) is 11.1 Å². The maximum Gasteiger partial charge on any atom is 0.262 e. The Labute approximate surface area is 260 Å². The number of hydrogen-bond acceptors (Lipinski definition) is 5. The average Bonchev–Trinajstić information content (AvgIpc) is 3.68. The van der Waals surface area contributed by atoms with Gasteiger partial charge in [-0.3, -0.25) is 14.5 Å². The average molecular weight is 624 g/mol. The van der Waals surface area contributed by atoms with Gasteiger partial charge in [-0.25, -0.2) is 0 Å². The number of aryl methyl sites for hydroxylation is 2. The lowest BCUT2D eigenvalue weighted by Gasteiger charge is -2.19. The summed E-state index contributed by atoms with van der Waals surface area (Å²) in [5, 5.41) is 3.02. The van der Waals surface area contributed by atoms with Gasteiger partial charge in [0.15, 0.2) is 0 Å². The monoisotopic (exact) mass is 623 g/mol. The molecular formula is C35H33NO2S3Si. The fraction of sp³-hybridized carbons (Fsp3) is 0.257. The summed E-state index contributed by atoms with van der Waals surface area (Å²) in [6.07, 6.45) is 0. The molecule has 3 nitrogen and oxygen atoms in total. The van der Waals surface area contributed by atoms with Gasteiger partial charge in [0.25, 0.3) is 11.8 Å². The van der Waals surface area contributed by atoms with Crippen molar-refractivity contribution in [3.8, 4) is 41.1 Å². The van der Waals surface area contributed by atoms with E-state index in [1.807, 2.05) is 0 Å². The van der Waals surface area contributed by atoms with Crippen LogP contribution in [0.5, 0.6) is 0 Å². The SMILES string of the molecule is Cc1ccc2c(c1)[Si](C)(C)c1cc(-c3sc(-c4sc(-c5sc(C)c(C)c5C)c5c4C(=O)N(C)C5=O)c(C)c3C)ccc1-2. The van der Waals surface area contributed by atoms with E-state index in [0.717, 1.165) is 19.5 Å². The molecule has 5 aromatic rings. The van der Waals surface area contributed by atoms with Crippen molar-refractivity contribution in [2.75, 3.05) is 7.05 Å². The van der Waals surface area contributed by atoms with Crippen molar-refractivity contribution in [3.05, 3.63) is 80.2 Å². The standard InChI is InChI=1S/C35H33NO2S3Si/c1-16-10-12-23-24-13-11-22(15-26(24)42(8,9)25(23)14-16)29-19(4)20(5)31(40-29)33-28-27(34(37)36(7)35(28)38)32(41-33)30-18(3)17(2)21(6)39-30/h10-15H,1-9H3. The van der Waals surface area contributed by atoms with Crippen LogP contribution in [0.1, 0.15) is 53.4 Å². The van der Waals surface area contributed by atoms with E-state index in [4.69, 9.17) is 0 Å². The van der Waals surface area contributed by atoms with Crippen LogP contribution >= 0.6 is 34.0 Å². The van der Waals surface area contributed by atoms with Crippen LogP contribution < -0.4 is 10.4 Å². The Kier molecular flexibility index (Phi) is 6.07. The number of thiophene rings is 3. The highest BCUT2D eigenvalue weighted by Gasteiger charge is 2.42. The number of benzene rings is 2. The first-order valence-electron chi connectivity index (χ1n) is 14.3. The number of carbonyl (C=O) groups is 2. The van der Waals surface area contributed by atoms with Crippen LogP contribution in [0.2, 0.25) is 13.1 Å². The molecule has 7 rings (SSSR count). The smallest absolute Gasteiger partial charge is 0.262 e. The Morgan fingerprint density at radius 3 is 1.69 bits per heavy atom. The summed E-state index contributed by atoms with van der Waals surface area (Å²) in [7, 11) is -0.220. The summed E-state index contributed by atoms with van der Waals surface area (Å²) >= 11 is 5.11. The normalized spacial score (nSPS) is 15.0. The molecule has 5 heterocycles. The van der Waals surface area contributed by atoms with Crippen molar-refractivity contribution in [1.82, 2.24) is 4.90 Å². The Hall–Kier alpha value is -3.10. The van der Waals surface area contributed by atoms with Crippen molar-refractivity contribution in [2.45, 2.75) is 54.6 Å². The number of fused-ring (bicyclic) bond motifs is 4. The summed E-state index contributed by atoms with van der Waals surface area (Å²) in [6, 6.07) is 13.9. The molecule has 42 heavy (non-hydrogen) atoms. The maximum atomic E-state index is 13.5. The van der Waals surface area contributed by atoms with E-state index < -0.39 is 8.07 Å². The van der Waals surface area contributed by atoms with Crippen LogP contribution in [-0.4, -0.2) is 31.8 Å². The largest absolute Gasteiger partial charge is 0.277 e. The van der Waals surface area contributed by atoms with Crippen LogP contribution in [0.4, 0.5) is 0 Å². The lowest BCUT2D eigenvalue weighted by atomic mass is 10.0. The Bertz CT molecular complexity index is 2040. The zero-order chi connectivity index (χ0) is 30.0. The van der Waals surface area contributed by atoms with Crippen molar-refractivity contribution >= 4 is 64.3 Å². The van der Waals surface area contributed by atoms with Gasteiger partial charge in [-0.2, -0.15) is 0 Å². The topological polar surface area (TPSA) is 37.4 Å². The second-order valence-electron chi connectivity index (χ2n) is 12.4. The third kappa shape index (κ3) is 3.60. The molecule has 0 fully saturated rings. The number of imide groups is 1. The zero-order valence-corrected chi connectivity index (χ0v) is 28.9. The minimum absolute atomic E-state index is 0.192. The predicted octanol–water partition coefficient (Wildman–Crippen LogP) is 8.75. The van der Waals surface area contributed by atoms with Crippen molar-refractivity contribution in [3.63, 3.8) is 0 Å². The highest BCUT2D eigenvalue weighted by Crippen LogP contribution is 2.53. The molecule has 0 radical (unpaired) electrons. The number of rotatable bonds is 3. The third-order valence-electron chi connectivity index (χ3n) is 9.59. The summed E-state index contributed by atoms with van der Waals surface area (Å²) < 4.78 is 0. The molecule has 7 heteroatoms. The molecule has 2 amide bonds. The molecular weight excluding hydrogens is 591 g/mol. The van der Waals surface area contributed by atoms with Gasteiger partial charge in [-0.05, 0) is 90.9 Å². The van der Waals surface area contributed by atoms with Crippen LogP contribution in [0.25, 0.3) is 41.1 Å². The molecule has 212 valence electrons.